The van der Waals surface area contributed by atoms with E-state index in [0.717, 1.165) is 13.2 Å². The fourth-order valence-corrected chi connectivity index (χ4v) is 1.19. The summed E-state index contributed by atoms with van der Waals surface area (Å²) in [6, 6.07) is 1.23. The zero-order valence-corrected chi connectivity index (χ0v) is 8.41. The van der Waals surface area contributed by atoms with E-state index in [4.69, 9.17) is 0 Å². The number of hydrogen-bond donors (Lipinski definition) is 2. The van der Waals surface area contributed by atoms with Crippen molar-refractivity contribution in [2.45, 2.75) is 12.5 Å². The Hall–Kier alpha value is -1.69. The average Bonchev–Trinajstić information content (AvgIpc) is 2.22. The van der Waals surface area contributed by atoms with E-state index < -0.39 is 35.9 Å². The first kappa shape index (κ1) is 12.4. The quantitative estimate of drug-likeness (QED) is 0.770. The number of rotatable bonds is 3. The molecule has 0 fully saturated rings. The van der Waals surface area contributed by atoms with Crippen molar-refractivity contribution >= 4 is 5.97 Å². The molecule has 1 atom stereocenters. The maximum Gasteiger partial charge on any atom is 0.308 e. The Bertz CT molecular complexity index is 406. The van der Waals surface area contributed by atoms with Crippen LogP contribution in [0.25, 0.3) is 0 Å². The second-order valence-corrected chi connectivity index (χ2v) is 3.12. The first-order chi connectivity index (χ1) is 7.45. The number of esters is 1. The number of halogens is 2. The highest BCUT2D eigenvalue weighted by atomic mass is 19.1. The van der Waals surface area contributed by atoms with Gasteiger partial charge in [0.2, 0.25) is 0 Å². The Morgan fingerprint density at radius 2 is 2.12 bits per heavy atom. The van der Waals surface area contributed by atoms with Crippen LogP contribution in [-0.4, -0.2) is 23.3 Å². The van der Waals surface area contributed by atoms with Crippen molar-refractivity contribution in [3.05, 3.63) is 29.3 Å². The minimum atomic E-state index is -1.52. The second kappa shape index (κ2) is 4.89. The molecule has 1 aromatic carbocycles. The lowest BCUT2D eigenvalue weighted by atomic mass is 10.1. The van der Waals surface area contributed by atoms with Gasteiger partial charge >= 0.3 is 5.97 Å². The van der Waals surface area contributed by atoms with Crippen molar-refractivity contribution in [1.82, 2.24) is 0 Å². The van der Waals surface area contributed by atoms with Crippen molar-refractivity contribution in [3.63, 3.8) is 0 Å². The summed E-state index contributed by atoms with van der Waals surface area (Å²) in [4.78, 5) is 10.8. The maximum absolute atomic E-state index is 12.9. The van der Waals surface area contributed by atoms with Crippen LogP contribution in [0.3, 0.4) is 0 Å². The highest BCUT2D eigenvalue weighted by molar-refractivity contribution is 5.70. The molecule has 0 saturated heterocycles. The summed E-state index contributed by atoms with van der Waals surface area (Å²) in [7, 11) is 1.11. The Morgan fingerprint density at radius 1 is 1.50 bits per heavy atom. The fraction of sp³-hybridized carbons (Fsp3) is 0.300. The predicted octanol–water partition coefficient (Wildman–Crippen LogP) is 1.27. The van der Waals surface area contributed by atoms with E-state index in [2.05, 4.69) is 4.74 Å². The lowest BCUT2D eigenvalue weighted by Gasteiger charge is -2.11. The Morgan fingerprint density at radius 3 is 2.69 bits per heavy atom. The molecule has 0 spiro atoms. The lowest BCUT2D eigenvalue weighted by Crippen LogP contribution is -2.09. The summed E-state index contributed by atoms with van der Waals surface area (Å²) in [5.74, 6) is -3.78. The van der Waals surface area contributed by atoms with Gasteiger partial charge < -0.3 is 14.9 Å². The van der Waals surface area contributed by atoms with Crippen LogP contribution in [0.15, 0.2) is 12.1 Å². The molecule has 88 valence electrons. The lowest BCUT2D eigenvalue weighted by molar-refractivity contribution is -0.142. The number of carbonyl (C=O) groups excluding carboxylic acids is 1. The molecule has 0 aromatic heterocycles. The number of carbonyl (C=O) groups is 1. The van der Waals surface area contributed by atoms with Gasteiger partial charge in [0.15, 0.2) is 11.6 Å². The third-order valence-corrected chi connectivity index (χ3v) is 2.00. The summed E-state index contributed by atoms with van der Waals surface area (Å²) < 4.78 is 30.0. The summed E-state index contributed by atoms with van der Waals surface area (Å²) in [6.45, 7) is 0. The summed E-state index contributed by atoms with van der Waals surface area (Å²) in [5.41, 5.74) is -0.386. The van der Waals surface area contributed by atoms with Gasteiger partial charge in [-0.1, -0.05) is 0 Å². The summed E-state index contributed by atoms with van der Waals surface area (Å²) in [5, 5.41) is 18.7. The number of phenols is 1. The number of hydrogen-bond acceptors (Lipinski definition) is 4. The highest BCUT2D eigenvalue weighted by Crippen LogP contribution is 2.29. The summed E-state index contributed by atoms with van der Waals surface area (Å²) >= 11 is 0. The van der Waals surface area contributed by atoms with Crippen LogP contribution in [0, 0.1) is 11.6 Å². The molecule has 0 saturated carbocycles. The number of phenolic OH excluding ortho intramolecular Hbond substituents is 1. The van der Waals surface area contributed by atoms with Crippen LogP contribution in [0.5, 0.6) is 5.75 Å². The van der Waals surface area contributed by atoms with Crippen molar-refractivity contribution in [1.29, 1.82) is 0 Å². The fourth-order valence-electron chi connectivity index (χ4n) is 1.19. The topological polar surface area (TPSA) is 66.8 Å². The number of aliphatic hydroxyl groups excluding tert-OH is 1. The molecular formula is C10H10F2O4. The molecule has 1 aromatic rings. The van der Waals surface area contributed by atoms with Crippen molar-refractivity contribution in [2.24, 2.45) is 0 Å². The van der Waals surface area contributed by atoms with Gasteiger partial charge in [-0.3, -0.25) is 4.79 Å². The third-order valence-electron chi connectivity index (χ3n) is 2.00. The zero-order valence-electron chi connectivity index (χ0n) is 8.41. The van der Waals surface area contributed by atoms with Gasteiger partial charge in [0.1, 0.15) is 5.82 Å². The minimum Gasteiger partial charge on any atom is -0.505 e. The predicted molar refractivity (Wildman–Crippen MR) is 49.6 cm³/mol. The van der Waals surface area contributed by atoms with Gasteiger partial charge in [0.25, 0.3) is 0 Å². The van der Waals surface area contributed by atoms with E-state index in [1.807, 2.05) is 0 Å². The number of ether oxygens (including phenoxy) is 1. The van der Waals surface area contributed by atoms with E-state index in [0.29, 0.717) is 6.07 Å². The van der Waals surface area contributed by atoms with Crippen molar-refractivity contribution < 1.29 is 28.5 Å². The molecule has 0 amide bonds. The summed E-state index contributed by atoms with van der Waals surface area (Å²) in [6.07, 6.45) is -2.01. The molecule has 0 bridgehead atoms. The Labute approximate surface area is 90.1 Å². The number of benzene rings is 1. The molecule has 0 aliphatic heterocycles. The van der Waals surface area contributed by atoms with Crippen molar-refractivity contribution in [3.8, 4) is 5.75 Å². The van der Waals surface area contributed by atoms with Gasteiger partial charge in [-0.15, -0.1) is 0 Å². The monoisotopic (exact) mass is 232 g/mol. The Balaban J connectivity index is 2.99. The van der Waals surface area contributed by atoms with E-state index >= 15 is 0 Å². The molecule has 0 radical (unpaired) electrons. The average molecular weight is 232 g/mol. The molecule has 6 heteroatoms. The third kappa shape index (κ3) is 2.66. The van der Waals surface area contributed by atoms with E-state index in [9.17, 15) is 23.8 Å². The van der Waals surface area contributed by atoms with E-state index in [1.54, 1.807) is 0 Å². The highest BCUT2D eigenvalue weighted by Gasteiger charge is 2.20. The molecule has 0 unspecified atom stereocenters. The first-order valence-electron chi connectivity index (χ1n) is 4.38. The molecule has 1 rings (SSSR count). The van der Waals surface area contributed by atoms with Crippen LogP contribution >= 0.6 is 0 Å². The van der Waals surface area contributed by atoms with E-state index in [-0.39, 0.29) is 5.56 Å². The smallest absolute Gasteiger partial charge is 0.308 e. The largest absolute Gasteiger partial charge is 0.505 e. The number of aromatic hydroxyl groups is 1. The standard InChI is InChI=1S/C10H10F2O4/c1-16-9(14)4-8(13)6-2-5(11)3-7(12)10(6)15/h2-3,8,13,15H,4H2,1H3/t8-/m0/s1. The maximum atomic E-state index is 12.9. The van der Waals surface area contributed by atoms with Crippen LogP contribution in [0.1, 0.15) is 18.1 Å². The van der Waals surface area contributed by atoms with Gasteiger partial charge in [-0.2, -0.15) is 0 Å². The van der Waals surface area contributed by atoms with E-state index in [1.165, 1.54) is 0 Å². The molecule has 2 N–H and O–H groups in total. The van der Waals surface area contributed by atoms with Gasteiger partial charge in [-0.05, 0) is 6.07 Å². The van der Waals surface area contributed by atoms with Crippen molar-refractivity contribution in [2.75, 3.05) is 7.11 Å². The molecule has 0 aliphatic rings. The van der Waals surface area contributed by atoms with Gasteiger partial charge in [0, 0.05) is 11.6 Å². The molecule has 4 nitrogen and oxygen atoms in total. The van der Waals surface area contributed by atoms with Crippen LogP contribution in [0.2, 0.25) is 0 Å². The molecule has 0 aliphatic carbocycles. The molecule has 16 heavy (non-hydrogen) atoms. The zero-order chi connectivity index (χ0) is 12.3. The first-order valence-corrected chi connectivity index (χ1v) is 4.38. The molecule has 0 heterocycles. The van der Waals surface area contributed by atoms with Crippen LogP contribution in [0.4, 0.5) is 8.78 Å². The number of methoxy groups -OCH3 is 1. The second-order valence-electron chi connectivity index (χ2n) is 3.12. The molecular weight excluding hydrogens is 222 g/mol. The van der Waals surface area contributed by atoms with Crippen LogP contribution < -0.4 is 0 Å². The normalized spacial score (nSPS) is 12.2. The SMILES string of the molecule is COC(=O)C[C@H](O)c1cc(F)cc(F)c1O. The van der Waals surface area contributed by atoms with Gasteiger partial charge in [0.05, 0.1) is 19.6 Å². The Kier molecular flexibility index (Phi) is 3.78. The number of aliphatic hydroxyl groups is 1. The van der Waals surface area contributed by atoms with Gasteiger partial charge in [-0.25, -0.2) is 8.78 Å². The van der Waals surface area contributed by atoms with Crippen LogP contribution in [-0.2, 0) is 9.53 Å². The minimum absolute atomic E-state index is 0.386.